The van der Waals surface area contributed by atoms with Gasteiger partial charge in [-0.2, -0.15) is 0 Å². The Labute approximate surface area is 168 Å². The molecule has 0 bridgehead atoms. The van der Waals surface area contributed by atoms with Crippen molar-refractivity contribution in [3.05, 3.63) is 46.7 Å². The van der Waals surface area contributed by atoms with Crippen LogP contribution in [0, 0.1) is 0 Å². The molecule has 0 atom stereocenters. The van der Waals surface area contributed by atoms with Gasteiger partial charge in [0.15, 0.2) is 12.1 Å². The van der Waals surface area contributed by atoms with Gasteiger partial charge >= 0.3 is 0 Å². The van der Waals surface area contributed by atoms with Crippen LogP contribution in [-0.4, -0.2) is 45.5 Å². The van der Waals surface area contributed by atoms with E-state index in [1.807, 2.05) is 12.1 Å². The van der Waals surface area contributed by atoms with Gasteiger partial charge in [-0.05, 0) is 31.1 Å². The third-order valence-corrected chi connectivity index (χ3v) is 5.28. The molecular formula is C21H23NO7. The molecule has 0 saturated carbocycles. The van der Waals surface area contributed by atoms with Crippen LogP contribution in [0.4, 0.5) is 0 Å². The lowest BCUT2D eigenvalue weighted by Gasteiger charge is -2.32. The summed E-state index contributed by atoms with van der Waals surface area (Å²) >= 11 is 0. The Morgan fingerprint density at radius 2 is 1.83 bits per heavy atom. The average Bonchev–Trinajstić information content (AvgIpc) is 3.20. The fraction of sp³-hybridized carbons (Fsp3) is 0.429. The highest BCUT2D eigenvalue weighted by atomic mass is 16.7. The van der Waals surface area contributed by atoms with Crippen LogP contribution in [0.25, 0.3) is 11.3 Å². The second-order valence-corrected chi connectivity index (χ2v) is 6.80. The molecule has 0 unspecified atom stereocenters. The standard InChI is InChI=1S/C21H23NO7/c1-12-11-14(23)17-18(22-29-19(17)21(12,25-3)26-4)16-13(7-5-8-15(16)24-2)20-27-9-6-10-28-20/h5,7-8,11,20H,6,9-10H2,1-4H3. The minimum atomic E-state index is -1.32. The summed E-state index contributed by atoms with van der Waals surface area (Å²) < 4.78 is 34.0. The number of aromatic nitrogens is 1. The summed E-state index contributed by atoms with van der Waals surface area (Å²) in [5, 5.41) is 4.23. The largest absolute Gasteiger partial charge is 0.496 e. The topological polar surface area (TPSA) is 89.2 Å². The number of hydrogen-bond donors (Lipinski definition) is 0. The van der Waals surface area contributed by atoms with E-state index in [-0.39, 0.29) is 17.1 Å². The number of hydrogen-bond acceptors (Lipinski definition) is 8. The van der Waals surface area contributed by atoms with Crippen molar-refractivity contribution in [3.63, 3.8) is 0 Å². The molecule has 0 amide bonds. The number of carbonyl (C=O) groups is 1. The molecule has 2 heterocycles. The molecule has 1 aliphatic carbocycles. The van der Waals surface area contributed by atoms with E-state index in [4.69, 9.17) is 28.2 Å². The zero-order valence-corrected chi connectivity index (χ0v) is 16.8. The minimum absolute atomic E-state index is 0.199. The SMILES string of the molecule is COc1cccc(C2OCCCO2)c1-c1noc2c1C(=O)C=C(C)C2(OC)OC. The van der Waals surface area contributed by atoms with E-state index in [1.165, 1.54) is 20.3 Å². The molecule has 0 spiro atoms. The van der Waals surface area contributed by atoms with Crippen LogP contribution in [0.1, 0.15) is 41.3 Å². The molecule has 1 saturated heterocycles. The molecule has 1 fully saturated rings. The monoisotopic (exact) mass is 401 g/mol. The first kappa shape index (κ1) is 19.8. The highest BCUT2D eigenvalue weighted by Crippen LogP contribution is 2.46. The minimum Gasteiger partial charge on any atom is -0.496 e. The van der Waals surface area contributed by atoms with E-state index in [9.17, 15) is 4.79 Å². The summed E-state index contributed by atoms with van der Waals surface area (Å²) in [5.74, 6) is -0.851. The van der Waals surface area contributed by atoms with Gasteiger partial charge in [-0.25, -0.2) is 0 Å². The van der Waals surface area contributed by atoms with Crippen LogP contribution in [0.3, 0.4) is 0 Å². The lowest BCUT2D eigenvalue weighted by Crippen LogP contribution is -2.36. The van der Waals surface area contributed by atoms with Gasteiger partial charge in [-0.3, -0.25) is 4.79 Å². The van der Waals surface area contributed by atoms with Gasteiger partial charge in [0.1, 0.15) is 11.4 Å². The first-order valence-corrected chi connectivity index (χ1v) is 9.31. The maximum atomic E-state index is 13.0. The number of allylic oxidation sites excluding steroid dienone is 1. The van der Waals surface area contributed by atoms with Crippen molar-refractivity contribution in [1.29, 1.82) is 0 Å². The number of ether oxygens (including phenoxy) is 5. The van der Waals surface area contributed by atoms with Crippen LogP contribution < -0.4 is 4.74 Å². The van der Waals surface area contributed by atoms with Gasteiger partial charge in [0.25, 0.3) is 5.79 Å². The Morgan fingerprint density at radius 1 is 1.10 bits per heavy atom. The van der Waals surface area contributed by atoms with Crippen molar-refractivity contribution in [2.45, 2.75) is 25.4 Å². The molecular weight excluding hydrogens is 378 g/mol. The molecule has 2 aliphatic rings. The van der Waals surface area contributed by atoms with E-state index in [2.05, 4.69) is 5.16 Å². The van der Waals surface area contributed by atoms with Crippen LogP contribution >= 0.6 is 0 Å². The molecule has 1 aromatic carbocycles. The number of methoxy groups -OCH3 is 3. The second kappa shape index (κ2) is 7.72. The van der Waals surface area contributed by atoms with E-state index in [1.54, 1.807) is 20.1 Å². The van der Waals surface area contributed by atoms with Crippen LogP contribution in [0.2, 0.25) is 0 Å². The number of benzene rings is 1. The molecule has 8 heteroatoms. The van der Waals surface area contributed by atoms with Crippen LogP contribution in [-0.2, 0) is 24.7 Å². The first-order valence-electron chi connectivity index (χ1n) is 9.31. The predicted molar refractivity (Wildman–Crippen MR) is 102 cm³/mol. The van der Waals surface area contributed by atoms with Gasteiger partial charge in [0.05, 0.1) is 31.5 Å². The van der Waals surface area contributed by atoms with Crippen molar-refractivity contribution in [3.8, 4) is 17.0 Å². The van der Waals surface area contributed by atoms with Crippen molar-refractivity contribution in [2.24, 2.45) is 0 Å². The van der Waals surface area contributed by atoms with Gasteiger partial charge < -0.3 is 28.2 Å². The zero-order chi connectivity index (χ0) is 20.6. The predicted octanol–water partition coefficient (Wildman–Crippen LogP) is 3.37. The Hall–Kier alpha value is -2.52. The summed E-state index contributed by atoms with van der Waals surface area (Å²) in [6.07, 6.45) is 1.70. The average molecular weight is 401 g/mol. The van der Waals surface area contributed by atoms with Gasteiger partial charge in [0.2, 0.25) is 5.76 Å². The van der Waals surface area contributed by atoms with Crippen LogP contribution in [0.5, 0.6) is 5.75 Å². The third-order valence-electron chi connectivity index (χ3n) is 5.28. The van der Waals surface area contributed by atoms with Crippen molar-refractivity contribution < 1.29 is 33.0 Å². The Morgan fingerprint density at radius 3 is 2.48 bits per heavy atom. The fourth-order valence-electron chi connectivity index (χ4n) is 3.88. The highest BCUT2D eigenvalue weighted by Gasteiger charge is 2.47. The maximum absolute atomic E-state index is 13.0. The summed E-state index contributed by atoms with van der Waals surface area (Å²) in [6, 6.07) is 5.49. The summed E-state index contributed by atoms with van der Waals surface area (Å²) in [7, 11) is 4.53. The number of carbonyl (C=O) groups excluding carboxylic acids is 1. The maximum Gasteiger partial charge on any atom is 0.255 e. The molecule has 154 valence electrons. The Kier molecular flexibility index (Phi) is 5.26. The Balaban J connectivity index is 1.94. The lowest BCUT2D eigenvalue weighted by atomic mass is 9.88. The Bertz CT molecular complexity index is 952. The van der Waals surface area contributed by atoms with Crippen LogP contribution in [0.15, 0.2) is 34.4 Å². The summed E-state index contributed by atoms with van der Waals surface area (Å²) in [5.41, 5.74) is 2.45. The molecule has 8 nitrogen and oxygen atoms in total. The third kappa shape index (κ3) is 3.00. The molecule has 2 aromatic rings. The normalized spacial score (nSPS) is 19.0. The van der Waals surface area contributed by atoms with Crippen molar-refractivity contribution in [1.82, 2.24) is 5.16 Å². The van der Waals surface area contributed by atoms with E-state index < -0.39 is 12.1 Å². The van der Waals surface area contributed by atoms with Gasteiger partial charge in [-0.1, -0.05) is 17.3 Å². The van der Waals surface area contributed by atoms with Crippen molar-refractivity contribution >= 4 is 5.78 Å². The number of nitrogens with zero attached hydrogens (tertiary/aromatic N) is 1. The molecule has 1 aliphatic heterocycles. The highest BCUT2D eigenvalue weighted by molar-refractivity contribution is 6.11. The second-order valence-electron chi connectivity index (χ2n) is 6.80. The summed E-state index contributed by atoms with van der Waals surface area (Å²) in [6.45, 7) is 2.90. The van der Waals surface area contributed by atoms with E-state index in [0.717, 1.165) is 6.42 Å². The fourth-order valence-corrected chi connectivity index (χ4v) is 3.88. The molecule has 29 heavy (non-hydrogen) atoms. The van der Waals surface area contributed by atoms with Gasteiger partial charge in [0, 0.05) is 19.8 Å². The smallest absolute Gasteiger partial charge is 0.255 e. The molecule has 4 rings (SSSR count). The molecule has 0 radical (unpaired) electrons. The van der Waals surface area contributed by atoms with Gasteiger partial charge in [-0.15, -0.1) is 0 Å². The zero-order valence-electron chi connectivity index (χ0n) is 16.8. The number of ketones is 1. The van der Waals surface area contributed by atoms with Crippen molar-refractivity contribution in [2.75, 3.05) is 34.5 Å². The number of fused-ring (bicyclic) bond motifs is 1. The lowest BCUT2D eigenvalue weighted by molar-refractivity contribution is -0.200. The first-order chi connectivity index (χ1) is 14.1. The molecule has 0 N–H and O–H groups in total. The van der Waals surface area contributed by atoms with E-state index >= 15 is 0 Å². The molecule has 1 aromatic heterocycles. The summed E-state index contributed by atoms with van der Waals surface area (Å²) in [4.78, 5) is 13.0. The number of rotatable bonds is 5. The quantitative estimate of drug-likeness (QED) is 0.705. The van der Waals surface area contributed by atoms with E-state index in [0.29, 0.717) is 41.4 Å².